The Morgan fingerprint density at radius 1 is 1.24 bits per heavy atom. The van der Waals surface area contributed by atoms with E-state index in [4.69, 9.17) is 9.90 Å². The monoisotopic (exact) mass is 370 g/mol. The van der Waals surface area contributed by atoms with E-state index in [2.05, 4.69) is 13.0 Å². The Hall–Kier alpha value is 0.0864. The third-order valence-electron chi connectivity index (χ3n) is 6.66. The van der Waals surface area contributed by atoms with Gasteiger partial charge in [0.1, 0.15) is 5.75 Å². The second kappa shape index (κ2) is 8.40. The summed E-state index contributed by atoms with van der Waals surface area (Å²) >= 11 is 0. The summed E-state index contributed by atoms with van der Waals surface area (Å²) in [6.45, 7) is 3.29. The maximum atomic E-state index is 10.4. The van der Waals surface area contributed by atoms with Crippen LogP contribution in [0.15, 0.2) is 18.2 Å². The number of rotatable bonds is 0. The van der Waals surface area contributed by atoms with Crippen molar-refractivity contribution in [2.45, 2.75) is 64.4 Å². The molecular weight excluding hydrogens is 343 g/mol. The minimum absolute atomic E-state index is 0. The maximum Gasteiger partial charge on any atom is 1.00 e. The molecule has 1 aromatic carbocycles. The maximum absolute atomic E-state index is 10.4. The van der Waals surface area contributed by atoms with Crippen LogP contribution >= 0.6 is 0 Å². The number of carboxylic acids is 1. The summed E-state index contributed by atoms with van der Waals surface area (Å²) in [6.07, 6.45) is 6.78. The molecule has 3 aliphatic rings. The number of aliphatic hydroxyl groups is 1. The van der Waals surface area contributed by atoms with Gasteiger partial charge in [-0.25, -0.2) is 0 Å². The minimum Gasteiger partial charge on any atom is -0.550 e. The average Bonchev–Trinajstić information content (AvgIpc) is 2.82. The molecule has 132 valence electrons. The van der Waals surface area contributed by atoms with E-state index in [-0.39, 0.29) is 62.9 Å². The van der Waals surface area contributed by atoms with Crippen molar-refractivity contribution in [1.82, 2.24) is 0 Å². The van der Waals surface area contributed by atoms with Crippen molar-refractivity contribution in [2.24, 2.45) is 17.3 Å². The van der Waals surface area contributed by atoms with Crippen LogP contribution in [0.2, 0.25) is 0 Å². The molecule has 5 heteroatoms. The van der Waals surface area contributed by atoms with Gasteiger partial charge in [-0.1, -0.05) is 13.0 Å². The first-order chi connectivity index (χ1) is 11.3. The van der Waals surface area contributed by atoms with Crippen LogP contribution in [-0.2, 0) is 11.2 Å². The largest absolute Gasteiger partial charge is 1.00 e. The predicted octanol–water partition coefficient (Wildman–Crippen LogP) is -0.631. The number of phenols is 1. The molecule has 2 saturated carbocycles. The van der Waals surface area contributed by atoms with E-state index >= 15 is 0 Å². The summed E-state index contributed by atoms with van der Waals surface area (Å²) in [5.74, 6) is 1.41. The summed E-state index contributed by atoms with van der Waals surface area (Å²) in [5.41, 5.74) is 2.99. The standard InChI is InChI=1S/C18H24O2.C2H4O2.K/c1-18-9-8-14-13-5-3-12(19)10-11(13)2-4-15(14)16(18)6-7-17(18)20;1-2(3)4;/h3,5,10,14-17,19-20H,2,4,6-9H2,1H3;1H3,(H,3,4);/q;;+1/p-1/t14-,15-,16+,17+,18+;;/m1../s1. The van der Waals surface area contributed by atoms with Crippen LogP contribution in [0.4, 0.5) is 0 Å². The fraction of sp³-hybridized carbons (Fsp3) is 0.650. The third-order valence-corrected chi connectivity index (χ3v) is 6.66. The van der Waals surface area contributed by atoms with Crippen molar-refractivity contribution < 1.29 is 71.5 Å². The SMILES string of the molecule is CC(=O)[O-].C[C@]12CC[C@@H]3c4ccc(O)cc4CC[C@H]3[C@@H]1CC[C@@H]2O.[K+]. The van der Waals surface area contributed by atoms with Gasteiger partial charge in [-0.05, 0) is 91.9 Å². The summed E-state index contributed by atoms with van der Waals surface area (Å²) < 4.78 is 0. The topological polar surface area (TPSA) is 80.6 Å². The first-order valence-electron chi connectivity index (χ1n) is 9.00. The number of fused-ring (bicyclic) bond motifs is 5. The number of carbonyl (C=O) groups is 1. The predicted molar refractivity (Wildman–Crippen MR) is 89.4 cm³/mol. The van der Waals surface area contributed by atoms with Gasteiger partial charge in [0.15, 0.2) is 0 Å². The molecule has 4 nitrogen and oxygen atoms in total. The van der Waals surface area contributed by atoms with E-state index < -0.39 is 5.97 Å². The molecule has 3 aliphatic carbocycles. The van der Waals surface area contributed by atoms with Crippen LogP contribution < -0.4 is 56.5 Å². The first-order valence-corrected chi connectivity index (χ1v) is 9.00. The molecule has 0 radical (unpaired) electrons. The van der Waals surface area contributed by atoms with E-state index in [1.165, 1.54) is 30.4 Å². The summed E-state index contributed by atoms with van der Waals surface area (Å²) in [7, 11) is 0. The molecule has 0 aromatic heterocycles. The Balaban J connectivity index is 0.000000411. The van der Waals surface area contributed by atoms with Gasteiger partial charge in [-0.15, -0.1) is 0 Å². The van der Waals surface area contributed by atoms with Gasteiger partial charge < -0.3 is 20.1 Å². The fourth-order valence-electron chi connectivity index (χ4n) is 5.54. The van der Waals surface area contributed by atoms with Crippen molar-refractivity contribution in [3.05, 3.63) is 29.3 Å². The van der Waals surface area contributed by atoms with Gasteiger partial charge in [0, 0.05) is 5.97 Å². The zero-order chi connectivity index (χ0) is 17.5. The number of hydrogen-bond acceptors (Lipinski definition) is 4. The Labute approximate surface area is 192 Å². The Morgan fingerprint density at radius 3 is 2.60 bits per heavy atom. The second-order valence-corrected chi connectivity index (χ2v) is 7.93. The van der Waals surface area contributed by atoms with Crippen molar-refractivity contribution >= 4 is 5.97 Å². The van der Waals surface area contributed by atoms with Crippen LogP contribution in [-0.4, -0.2) is 22.3 Å². The number of benzene rings is 1. The van der Waals surface area contributed by atoms with E-state index in [9.17, 15) is 10.2 Å². The smallest absolute Gasteiger partial charge is 0.550 e. The van der Waals surface area contributed by atoms with Crippen LogP contribution in [0.5, 0.6) is 5.75 Å². The van der Waals surface area contributed by atoms with Crippen LogP contribution in [0.1, 0.15) is 63.0 Å². The first kappa shape index (κ1) is 21.4. The molecule has 0 spiro atoms. The van der Waals surface area contributed by atoms with E-state index in [1.807, 2.05) is 12.1 Å². The number of carboxylic acid groups (broad SMARTS) is 1. The van der Waals surface area contributed by atoms with Gasteiger partial charge in [-0.2, -0.15) is 0 Å². The Bertz CT molecular complexity index is 628. The zero-order valence-corrected chi connectivity index (χ0v) is 18.6. The molecule has 2 fully saturated rings. The number of aliphatic carboxylic acids is 1. The molecule has 0 saturated heterocycles. The molecule has 0 bridgehead atoms. The molecule has 0 heterocycles. The number of phenolic OH excluding ortho intramolecular Hbond substituents is 1. The number of aliphatic hydroxyl groups excluding tert-OH is 1. The molecule has 0 amide bonds. The molecule has 0 aliphatic heterocycles. The van der Waals surface area contributed by atoms with E-state index in [1.54, 1.807) is 0 Å². The summed E-state index contributed by atoms with van der Waals surface area (Å²) in [4.78, 5) is 8.89. The molecular formula is C20H27KO4. The molecule has 5 atom stereocenters. The molecule has 4 rings (SSSR count). The van der Waals surface area contributed by atoms with Crippen LogP contribution in [0.25, 0.3) is 0 Å². The van der Waals surface area contributed by atoms with Gasteiger partial charge in [0.05, 0.1) is 6.10 Å². The van der Waals surface area contributed by atoms with Gasteiger partial charge in [0.2, 0.25) is 0 Å². The van der Waals surface area contributed by atoms with Crippen molar-refractivity contribution in [1.29, 1.82) is 0 Å². The second-order valence-electron chi connectivity index (χ2n) is 7.93. The van der Waals surface area contributed by atoms with Crippen LogP contribution in [0, 0.1) is 17.3 Å². The Kier molecular flexibility index (Phi) is 7.19. The number of aryl methyl sites for hydroxylation is 1. The zero-order valence-electron chi connectivity index (χ0n) is 15.5. The van der Waals surface area contributed by atoms with Crippen LogP contribution in [0.3, 0.4) is 0 Å². The summed E-state index contributed by atoms with van der Waals surface area (Å²) in [6, 6.07) is 5.96. The quantitative estimate of drug-likeness (QED) is 0.596. The molecule has 0 unspecified atom stereocenters. The number of aromatic hydroxyl groups is 1. The molecule has 2 N–H and O–H groups in total. The summed E-state index contributed by atoms with van der Waals surface area (Å²) in [5, 5.41) is 28.9. The van der Waals surface area contributed by atoms with Crippen molar-refractivity contribution in [3.8, 4) is 5.75 Å². The minimum atomic E-state index is -1.08. The average molecular weight is 371 g/mol. The fourth-order valence-corrected chi connectivity index (χ4v) is 5.54. The van der Waals surface area contributed by atoms with Crippen molar-refractivity contribution in [3.63, 3.8) is 0 Å². The molecule has 25 heavy (non-hydrogen) atoms. The number of hydrogen-bond donors (Lipinski definition) is 2. The van der Waals surface area contributed by atoms with E-state index in [0.29, 0.717) is 17.6 Å². The van der Waals surface area contributed by atoms with Gasteiger partial charge >= 0.3 is 51.4 Å². The number of carbonyl (C=O) groups excluding carboxylic acids is 1. The van der Waals surface area contributed by atoms with E-state index in [0.717, 1.165) is 32.1 Å². The van der Waals surface area contributed by atoms with Crippen molar-refractivity contribution in [2.75, 3.05) is 0 Å². The third kappa shape index (κ3) is 4.17. The van der Waals surface area contributed by atoms with Gasteiger partial charge in [-0.3, -0.25) is 0 Å². The Morgan fingerprint density at radius 2 is 1.92 bits per heavy atom. The van der Waals surface area contributed by atoms with Gasteiger partial charge in [0.25, 0.3) is 0 Å². The molecule has 1 aromatic rings. The normalized spacial score (nSPS) is 35.2.